The van der Waals surface area contributed by atoms with E-state index >= 15 is 0 Å². The number of aliphatic hydroxyl groups excluding tert-OH is 1. The molecule has 1 unspecified atom stereocenters. The number of nitrogens with zero attached hydrogens (tertiary/aromatic N) is 1. The van der Waals surface area contributed by atoms with Crippen LogP contribution in [0.25, 0.3) is 0 Å². The Morgan fingerprint density at radius 1 is 1.50 bits per heavy atom. The number of nitrogens with one attached hydrogen (secondary N) is 1. The second kappa shape index (κ2) is 7.10. The van der Waals surface area contributed by atoms with Crippen molar-refractivity contribution in [1.82, 2.24) is 10.2 Å². The summed E-state index contributed by atoms with van der Waals surface area (Å²) >= 11 is 0. The van der Waals surface area contributed by atoms with Crippen molar-refractivity contribution in [3.8, 4) is 0 Å². The third-order valence-corrected chi connectivity index (χ3v) is 3.61. The van der Waals surface area contributed by atoms with Gasteiger partial charge < -0.3 is 15.3 Å². The van der Waals surface area contributed by atoms with Crippen molar-refractivity contribution in [1.29, 1.82) is 0 Å². The molecule has 0 aromatic heterocycles. The molecule has 0 bridgehead atoms. The van der Waals surface area contributed by atoms with Crippen LogP contribution in [-0.4, -0.2) is 48.2 Å². The number of carbonyl (C=O) groups excluding carboxylic acids is 1. The standard InChI is InChI=1S/C14H28N2O2/c1-4-15-12-7-5-9-16(13(12)18)11-14(2,3)8-6-10-17/h12,15,17H,4-11H2,1-3H3. The fourth-order valence-corrected chi connectivity index (χ4v) is 2.69. The van der Waals surface area contributed by atoms with Gasteiger partial charge in [-0.2, -0.15) is 0 Å². The van der Waals surface area contributed by atoms with Gasteiger partial charge in [0.25, 0.3) is 0 Å². The van der Waals surface area contributed by atoms with E-state index in [-0.39, 0.29) is 24.0 Å². The number of piperidine rings is 1. The average molecular weight is 256 g/mol. The summed E-state index contributed by atoms with van der Waals surface area (Å²) in [7, 11) is 0. The van der Waals surface area contributed by atoms with Gasteiger partial charge in [0.2, 0.25) is 5.91 Å². The Hall–Kier alpha value is -0.610. The average Bonchev–Trinajstić information content (AvgIpc) is 2.32. The number of hydrogen-bond acceptors (Lipinski definition) is 3. The molecule has 1 saturated heterocycles. The molecular weight excluding hydrogens is 228 g/mol. The second-order valence-corrected chi connectivity index (χ2v) is 6.00. The summed E-state index contributed by atoms with van der Waals surface area (Å²) in [5.41, 5.74) is 0.0898. The molecule has 0 aromatic rings. The first-order valence-corrected chi connectivity index (χ1v) is 7.13. The van der Waals surface area contributed by atoms with Crippen LogP contribution >= 0.6 is 0 Å². The van der Waals surface area contributed by atoms with Crippen LogP contribution in [0.5, 0.6) is 0 Å². The minimum Gasteiger partial charge on any atom is -0.396 e. The number of likely N-dealkylation sites (N-methyl/N-ethyl adjacent to an activating group) is 1. The van der Waals surface area contributed by atoms with Crippen LogP contribution in [0.3, 0.4) is 0 Å². The number of aliphatic hydroxyl groups is 1. The third-order valence-electron chi connectivity index (χ3n) is 3.61. The quantitative estimate of drug-likeness (QED) is 0.723. The second-order valence-electron chi connectivity index (χ2n) is 6.00. The predicted octanol–water partition coefficient (Wildman–Crippen LogP) is 1.39. The molecule has 1 fully saturated rings. The SMILES string of the molecule is CCNC1CCCN(CC(C)(C)CCCO)C1=O. The van der Waals surface area contributed by atoms with Gasteiger partial charge in [-0.15, -0.1) is 0 Å². The molecule has 1 aliphatic heterocycles. The highest BCUT2D eigenvalue weighted by Crippen LogP contribution is 2.25. The fourth-order valence-electron chi connectivity index (χ4n) is 2.69. The smallest absolute Gasteiger partial charge is 0.239 e. The van der Waals surface area contributed by atoms with Gasteiger partial charge in [-0.05, 0) is 37.6 Å². The van der Waals surface area contributed by atoms with E-state index < -0.39 is 0 Å². The van der Waals surface area contributed by atoms with E-state index in [1.807, 2.05) is 11.8 Å². The van der Waals surface area contributed by atoms with Crippen molar-refractivity contribution in [2.75, 3.05) is 26.2 Å². The molecule has 1 amide bonds. The number of carbonyl (C=O) groups is 1. The summed E-state index contributed by atoms with van der Waals surface area (Å²) in [4.78, 5) is 14.3. The van der Waals surface area contributed by atoms with Crippen LogP contribution < -0.4 is 5.32 Å². The van der Waals surface area contributed by atoms with E-state index in [0.29, 0.717) is 0 Å². The number of rotatable bonds is 7. The molecule has 1 heterocycles. The van der Waals surface area contributed by atoms with E-state index in [4.69, 9.17) is 5.11 Å². The summed E-state index contributed by atoms with van der Waals surface area (Å²) in [5.74, 6) is 0.250. The van der Waals surface area contributed by atoms with Gasteiger partial charge in [-0.1, -0.05) is 20.8 Å². The van der Waals surface area contributed by atoms with Crippen LogP contribution in [0.15, 0.2) is 0 Å². The molecule has 1 aliphatic rings. The van der Waals surface area contributed by atoms with Crippen LogP contribution in [0, 0.1) is 5.41 Å². The lowest BCUT2D eigenvalue weighted by molar-refractivity contribution is -0.137. The molecule has 4 heteroatoms. The lowest BCUT2D eigenvalue weighted by Crippen LogP contribution is -2.52. The molecule has 0 spiro atoms. The largest absolute Gasteiger partial charge is 0.396 e. The third kappa shape index (κ3) is 4.58. The Kier molecular flexibility index (Phi) is 6.09. The van der Waals surface area contributed by atoms with Gasteiger partial charge in [0.1, 0.15) is 0 Å². The maximum atomic E-state index is 12.3. The number of hydrogen-bond donors (Lipinski definition) is 2. The van der Waals surface area contributed by atoms with E-state index in [0.717, 1.165) is 45.3 Å². The van der Waals surface area contributed by atoms with Crippen molar-refractivity contribution < 1.29 is 9.90 Å². The molecule has 1 rings (SSSR count). The summed E-state index contributed by atoms with van der Waals surface area (Å²) in [6, 6.07) is 0.0115. The predicted molar refractivity (Wildman–Crippen MR) is 73.4 cm³/mol. The van der Waals surface area contributed by atoms with Crippen LogP contribution in [0.4, 0.5) is 0 Å². The van der Waals surface area contributed by atoms with Crippen LogP contribution in [-0.2, 0) is 4.79 Å². The molecule has 0 radical (unpaired) electrons. The van der Waals surface area contributed by atoms with Gasteiger partial charge in [0, 0.05) is 19.7 Å². The van der Waals surface area contributed by atoms with Crippen LogP contribution in [0.2, 0.25) is 0 Å². The van der Waals surface area contributed by atoms with Gasteiger partial charge in [-0.25, -0.2) is 0 Å². The molecule has 18 heavy (non-hydrogen) atoms. The van der Waals surface area contributed by atoms with E-state index in [1.165, 1.54) is 0 Å². The summed E-state index contributed by atoms with van der Waals surface area (Å²) in [6.07, 6.45) is 3.81. The first kappa shape index (κ1) is 15.4. The Labute approximate surface area is 111 Å². The normalized spacial score (nSPS) is 21.4. The molecule has 0 aliphatic carbocycles. The minimum absolute atomic E-state index is 0.0115. The maximum Gasteiger partial charge on any atom is 0.239 e. The topological polar surface area (TPSA) is 52.6 Å². The molecule has 4 nitrogen and oxygen atoms in total. The monoisotopic (exact) mass is 256 g/mol. The zero-order chi connectivity index (χ0) is 13.6. The minimum atomic E-state index is 0.0115. The summed E-state index contributed by atoms with van der Waals surface area (Å²) < 4.78 is 0. The molecule has 106 valence electrons. The summed E-state index contributed by atoms with van der Waals surface area (Å²) in [6.45, 7) is 9.14. The number of amides is 1. The highest BCUT2D eigenvalue weighted by atomic mass is 16.2. The lowest BCUT2D eigenvalue weighted by atomic mass is 9.86. The Morgan fingerprint density at radius 3 is 2.83 bits per heavy atom. The van der Waals surface area contributed by atoms with E-state index in [2.05, 4.69) is 19.2 Å². The molecule has 0 aromatic carbocycles. The Morgan fingerprint density at radius 2 is 2.22 bits per heavy atom. The zero-order valence-corrected chi connectivity index (χ0v) is 12.0. The van der Waals surface area contributed by atoms with Gasteiger partial charge in [-0.3, -0.25) is 4.79 Å². The van der Waals surface area contributed by atoms with E-state index in [9.17, 15) is 4.79 Å². The van der Waals surface area contributed by atoms with Crippen molar-refractivity contribution >= 4 is 5.91 Å². The van der Waals surface area contributed by atoms with Crippen LogP contribution in [0.1, 0.15) is 46.5 Å². The Balaban J connectivity index is 2.52. The lowest BCUT2D eigenvalue weighted by Gasteiger charge is -2.38. The van der Waals surface area contributed by atoms with Crippen molar-refractivity contribution in [3.05, 3.63) is 0 Å². The summed E-state index contributed by atoms with van der Waals surface area (Å²) in [5, 5.41) is 12.2. The van der Waals surface area contributed by atoms with Gasteiger partial charge >= 0.3 is 0 Å². The molecular formula is C14H28N2O2. The zero-order valence-electron chi connectivity index (χ0n) is 12.0. The van der Waals surface area contributed by atoms with E-state index in [1.54, 1.807) is 0 Å². The molecule has 2 N–H and O–H groups in total. The van der Waals surface area contributed by atoms with Crippen molar-refractivity contribution in [3.63, 3.8) is 0 Å². The number of likely N-dealkylation sites (tertiary alicyclic amines) is 1. The first-order valence-electron chi connectivity index (χ1n) is 7.13. The Bertz CT molecular complexity index is 265. The highest BCUT2D eigenvalue weighted by molar-refractivity contribution is 5.82. The maximum absolute atomic E-state index is 12.3. The molecule has 0 saturated carbocycles. The van der Waals surface area contributed by atoms with Crippen molar-refractivity contribution in [2.45, 2.75) is 52.5 Å². The molecule has 1 atom stereocenters. The first-order chi connectivity index (χ1) is 8.50. The van der Waals surface area contributed by atoms with Crippen molar-refractivity contribution in [2.24, 2.45) is 5.41 Å². The van der Waals surface area contributed by atoms with Gasteiger partial charge in [0.05, 0.1) is 6.04 Å². The van der Waals surface area contributed by atoms with Gasteiger partial charge in [0.15, 0.2) is 0 Å². The fraction of sp³-hybridized carbons (Fsp3) is 0.929. The highest BCUT2D eigenvalue weighted by Gasteiger charge is 2.31.